The van der Waals surface area contributed by atoms with Gasteiger partial charge in [-0.2, -0.15) is 0 Å². The molecule has 0 saturated carbocycles. The number of hydrogen-bond donors (Lipinski definition) is 2. The number of carbonyl (C=O) groups excluding carboxylic acids is 2. The first-order valence-electron chi connectivity index (χ1n) is 5.49. The smallest absolute Gasteiger partial charge is 0.247 e. The van der Waals surface area contributed by atoms with Crippen LogP contribution in [0.3, 0.4) is 0 Å². The van der Waals surface area contributed by atoms with Gasteiger partial charge in [0.15, 0.2) is 0 Å². The van der Waals surface area contributed by atoms with E-state index in [9.17, 15) is 9.59 Å². The van der Waals surface area contributed by atoms with Crippen molar-refractivity contribution in [3.05, 3.63) is 12.7 Å². The van der Waals surface area contributed by atoms with E-state index >= 15 is 0 Å². The van der Waals surface area contributed by atoms with Crippen LogP contribution < -0.4 is 5.48 Å². The Balaban J connectivity index is 4.85. The number of carbonyl (C=O) groups is 2. The summed E-state index contributed by atoms with van der Waals surface area (Å²) in [5, 5.41) is 8.65. The van der Waals surface area contributed by atoms with Gasteiger partial charge in [0.1, 0.15) is 5.78 Å². The number of amides is 1. The normalized spacial score (nSPS) is 14.3. The number of rotatable bonds is 7. The summed E-state index contributed by atoms with van der Waals surface area (Å²) in [6.45, 7) is 9.04. The van der Waals surface area contributed by atoms with Crippen LogP contribution in [0.1, 0.15) is 33.6 Å². The molecule has 0 saturated heterocycles. The van der Waals surface area contributed by atoms with Crippen LogP contribution in [-0.4, -0.2) is 16.9 Å². The van der Waals surface area contributed by atoms with Crippen molar-refractivity contribution in [3.63, 3.8) is 0 Å². The second-order valence-corrected chi connectivity index (χ2v) is 4.45. The number of allylic oxidation sites excluding steroid dienone is 1. The van der Waals surface area contributed by atoms with Crippen molar-refractivity contribution in [3.8, 4) is 0 Å². The fourth-order valence-corrected chi connectivity index (χ4v) is 1.84. The third kappa shape index (κ3) is 4.57. The van der Waals surface area contributed by atoms with Gasteiger partial charge in [-0.25, -0.2) is 5.48 Å². The summed E-state index contributed by atoms with van der Waals surface area (Å²) in [5.74, 6) is -1.09. The summed E-state index contributed by atoms with van der Waals surface area (Å²) in [7, 11) is 0. The van der Waals surface area contributed by atoms with Crippen LogP contribution in [0.15, 0.2) is 12.7 Å². The maximum atomic E-state index is 11.5. The average molecular weight is 227 g/mol. The SMILES string of the molecule is C=CC[C@H](C(=O)NO)[C@@H](CC(C)C)C(C)=O. The molecular weight excluding hydrogens is 206 g/mol. The molecule has 0 aromatic heterocycles. The summed E-state index contributed by atoms with van der Waals surface area (Å²) >= 11 is 0. The second kappa shape index (κ2) is 7.17. The highest BCUT2D eigenvalue weighted by Crippen LogP contribution is 2.25. The first-order valence-corrected chi connectivity index (χ1v) is 5.49. The van der Waals surface area contributed by atoms with E-state index in [4.69, 9.17) is 5.21 Å². The number of hydrogen-bond acceptors (Lipinski definition) is 3. The summed E-state index contributed by atoms with van der Waals surface area (Å²) in [6.07, 6.45) is 2.63. The van der Waals surface area contributed by atoms with E-state index in [1.807, 2.05) is 13.8 Å². The Hall–Kier alpha value is -1.16. The van der Waals surface area contributed by atoms with Crippen LogP contribution in [0.25, 0.3) is 0 Å². The Bertz CT molecular complexity index is 261. The summed E-state index contributed by atoms with van der Waals surface area (Å²) < 4.78 is 0. The van der Waals surface area contributed by atoms with Gasteiger partial charge >= 0.3 is 0 Å². The van der Waals surface area contributed by atoms with Gasteiger partial charge in [-0.3, -0.25) is 14.8 Å². The fraction of sp³-hybridized carbons (Fsp3) is 0.667. The zero-order valence-corrected chi connectivity index (χ0v) is 10.2. The molecule has 0 aliphatic carbocycles. The minimum absolute atomic E-state index is 0.0239. The van der Waals surface area contributed by atoms with Gasteiger partial charge in [-0.15, -0.1) is 6.58 Å². The summed E-state index contributed by atoms with van der Waals surface area (Å²) in [6, 6.07) is 0. The molecule has 0 aromatic carbocycles. The Morgan fingerprint density at radius 3 is 2.25 bits per heavy atom. The number of nitrogens with one attached hydrogen (secondary N) is 1. The maximum absolute atomic E-state index is 11.5. The van der Waals surface area contributed by atoms with Gasteiger partial charge in [0.2, 0.25) is 5.91 Å². The van der Waals surface area contributed by atoms with Crippen LogP contribution in [0.5, 0.6) is 0 Å². The molecule has 4 heteroatoms. The Morgan fingerprint density at radius 2 is 1.94 bits per heavy atom. The molecule has 2 N–H and O–H groups in total. The van der Waals surface area contributed by atoms with Crippen molar-refractivity contribution in [2.75, 3.05) is 0 Å². The van der Waals surface area contributed by atoms with E-state index in [1.165, 1.54) is 6.92 Å². The highest BCUT2D eigenvalue weighted by molar-refractivity contribution is 5.87. The Morgan fingerprint density at radius 1 is 1.38 bits per heavy atom. The van der Waals surface area contributed by atoms with Gasteiger partial charge in [-0.1, -0.05) is 19.9 Å². The second-order valence-electron chi connectivity index (χ2n) is 4.45. The lowest BCUT2D eigenvalue weighted by molar-refractivity contribution is -0.139. The monoisotopic (exact) mass is 227 g/mol. The highest BCUT2D eigenvalue weighted by atomic mass is 16.5. The standard InChI is InChI=1S/C12H21NO3/c1-5-6-10(12(15)13-16)11(9(4)14)7-8(2)3/h5,8,10-11,16H,1,6-7H2,2-4H3,(H,13,15)/t10-,11-/m0/s1. The topological polar surface area (TPSA) is 66.4 Å². The van der Waals surface area contributed by atoms with Gasteiger partial charge in [0.05, 0.1) is 5.92 Å². The first kappa shape index (κ1) is 14.8. The zero-order valence-electron chi connectivity index (χ0n) is 10.2. The molecule has 0 spiro atoms. The van der Waals surface area contributed by atoms with Gasteiger partial charge in [-0.05, 0) is 25.7 Å². The van der Waals surface area contributed by atoms with Crippen molar-refractivity contribution < 1.29 is 14.8 Å². The van der Waals surface area contributed by atoms with Crippen LogP contribution >= 0.6 is 0 Å². The summed E-state index contributed by atoms with van der Waals surface area (Å²) in [4.78, 5) is 23.0. The van der Waals surface area contributed by atoms with E-state index in [0.717, 1.165) is 0 Å². The molecule has 0 rings (SSSR count). The quantitative estimate of drug-likeness (QED) is 0.397. The van der Waals surface area contributed by atoms with Crippen molar-refractivity contribution >= 4 is 11.7 Å². The number of Topliss-reactive ketones (excluding diaryl/α,β-unsaturated/α-hetero) is 1. The van der Waals surface area contributed by atoms with E-state index in [0.29, 0.717) is 18.8 Å². The number of hydroxylamine groups is 1. The minimum Gasteiger partial charge on any atom is -0.300 e. The molecule has 4 nitrogen and oxygen atoms in total. The maximum Gasteiger partial charge on any atom is 0.247 e. The van der Waals surface area contributed by atoms with Crippen molar-refractivity contribution in [2.24, 2.45) is 17.8 Å². The summed E-state index contributed by atoms with van der Waals surface area (Å²) in [5.41, 5.74) is 1.62. The molecule has 0 aliphatic heterocycles. The molecule has 92 valence electrons. The van der Waals surface area contributed by atoms with Gasteiger partial charge < -0.3 is 0 Å². The molecule has 0 heterocycles. The van der Waals surface area contributed by atoms with Crippen LogP contribution in [0.2, 0.25) is 0 Å². The fourth-order valence-electron chi connectivity index (χ4n) is 1.84. The third-order valence-corrected chi connectivity index (χ3v) is 2.60. The Labute approximate surface area is 96.7 Å². The van der Waals surface area contributed by atoms with Gasteiger partial charge in [0.25, 0.3) is 0 Å². The molecule has 0 unspecified atom stereocenters. The van der Waals surface area contributed by atoms with E-state index in [-0.39, 0.29) is 11.7 Å². The molecule has 0 bridgehead atoms. The van der Waals surface area contributed by atoms with E-state index < -0.39 is 11.8 Å². The molecule has 0 aromatic rings. The molecular formula is C12H21NO3. The van der Waals surface area contributed by atoms with Crippen LogP contribution in [0, 0.1) is 17.8 Å². The lowest BCUT2D eigenvalue weighted by Gasteiger charge is -2.23. The molecule has 0 aliphatic rings. The molecule has 16 heavy (non-hydrogen) atoms. The predicted octanol–water partition coefficient (Wildman–Crippen LogP) is 1.94. The molecule has 0 fully saturated rings. The zero-order chi connectivity index (χ0) is 12.7. The number of ketones is 1. The van der Waals surface area contributed by atoms with Crippen molar-refractivity contribution in [1.82, 2.24) is 5.48 Å². The lowest BCUT2D eigenvalue weighted by atomic mass is 9.80. The molecule has 0 radical (unpaired) electrons. The van der Waals surface area contributed by atoms with E-state index in [2.05, 4.69) is 6.58 Å². The minimum atomic E-state index is -0.526. The highest BCUT2D eigenvalue weighted by Gasteiger charge is 2.30. The largest absolute Gasteiger partial charge is 0.300 e. The van der Waals surface area contributed by atoms with Crippen molar-refractivity contribution in [2.45, 2.75) is 33.6 Å². The third-order valence-electron chi connectivity index (χ3n) is 2.60. The van der Waals surface area contributed by atoms with E-state index in [1.54, 1.807) is 11.6 Å². The molecule has 1 amide bonds. The Kier molecular flexibility index (Phi) is 6.65. The van der Waals surface area contributed by atoms with Crippen LogP contribution in [-0.2, 0) is 9.59 Å². The van der Waals surface area contributed by atoms with Crippen LogP contribution in [0.4, 0.5) is 0 Å². The van der Waals surface area contributed by atoms with Gasteiger partial charge in [0, 0.05) is 5.92 Å². The average Bonchev–Trinajstić information content (AvgIpc) is 2.21. The first-order chi connectivity index (χ1) is 7.43. The molecule has 2 atom stereocenters. The van der Waals surface area contributed by atoms with Crippen molar-refractivity contribution in [1.29, 1.82) is 0 Å². The lowest BCUT2D eigenvalue weighted by Crippen LogP contribution is -2.36. The predicted molar refractivity (Wildman–Crippen MR) is 61.9 cm³/mol.